The molecule has 5 rings (SSSR count). The van der Waals surface area contributed by atoms with Crippen LogP contribution in [0.2, 0.25) is 0 Å². The van der Waals surface area contributed by atoms with Crippen LogP contribution in [0.25, 0.3) is 11.9 Å². The van der Waals surface area contributed by atoms with Crippen LogP contribution in [0.3, 0.4) is 0 Å². The summed E-state index contributed by atoms with van der Waals surface area (Å²) in [6, 6.07) is 5.49. The van der Waals surface area contributed by atoms with E-state index in [1.165, 1.54) is 12.1 Å². The SMILES string of the molecule is Cc1c(/C=C/CN2CCN(c3cc(F)cc(F)c3)CC2)cnn1-c1cc(N2CC[C@H](O)C2)nc(N)n1.Cl. The number of nitrogen functional groups attached to an aromatic ring is 1. The second-order valence-electron chi connectivity index (χ2n) is 9.25. The van der Waals surface area contributed by atoms with Crippen LogP contribution in [0.1, 0.15) is 17.7 Å². The quantitative estimate of drug-likeness (QED) is 0.500. The zero-order valence-corrected chi connectivity index (χ0v) is 21.4. The third kappa shape index (κ3) is 6.17. The number of nitrogens with two attached hydrogens (primary N) is 1. The lowest BCUT2D eigenvalue weighted by atomic mass is 10.2. The number of aliphatic hydroxyl groups excluding tert-OH is 1. The lowest BCUT2D eigenvalue weighted by Crippen LogP contribution is -2.46. The molecule has 2 aliphatic heterocycles. The number of rotatable bonds is 6. The first-order valence-corrected chi connectivity index (χ1v) is 12.1. The highest BCUT2D eigenvalue weighted by Crippen LogP contribution is 2.23. The number of halogens is 3. The Labute approximate surface area is 220 Å². The number of anilines is 3. The van der Waals surface area contributed by atoms with Crippen LogP contribution in [-0.4, -0.2) is 81.7 Å². The second kappa shape index (κ2) is 11.4. The molecule has 0 amide bonds. The molecule has 198 valence electrons. The van der Waals surface area contributed by atoms with Gasteiger partial charge in [0, 0.05) is 69.2 Å². The van der Waals surface area contributed by atoms with E-state index in [1.54, 1.807) is 10.9 Å². The molecule has 2 fully saturated rings. The topological polar surface area (TPSA) is 99.6 Å². The summed E-state index contributed by atoms with van der Waals surface area (Å²) in [6.07, 6.45) is 6.26. The molecule has 0 radical (unpaired) electrons. The summed E-state index contributed by atoms with van der Waals surface area (Å²) >= 11 is 0. The van der Waals surface area contributed by atoms with Gasteiger partial charge in [-0.3, -0.25) is 4.90 Å². The van der Waals surface area contributed by atoms with E-state index in [0.29, 0.717) is 43.4 Å². The highest BCUT2D eigenvalue weighted by molar-refractivity contribution is 5.85. The summed E-state index contributed by atoms with van der Waals surface area (Å²) < 4.78 is 28.8. The molecule has 0 unspecified atom stereocenters. The van der Waals surface area contributed by atoms with Gasteiger partial charge in [0.1, 0.15) is 17.5 Å². The fourth-order valence-electron chi connectivity index (χ4n) is 4.72. The molecule has 37 heavy (non-hydrogen) atoms. The number of piperazine rings is 1. The van der Waals surface area contributed by atoms with Gasteiger partial charge in [-0.05, 0) is 25.5 Å². The average Bonchev–Trinajstić information content (AvgIpc) is 3.44. The van der Waals surface area contributed by atoms with Crippen LogP contribution in [0, 0.1) is 18.6 Å². The summed E-state index contributed by atoms with van der Waals surface area (Å²) in [4.78, 5) is 15.0. The zero-order valence-electron chi connectivity index (χ0n) is 20.6. The maximum Gasteiger partial charge on any atom is 0.224 e. The van der Waals surface area contributed by atoms with Crippen molar-refractivity contribution in [2.45, 2.75) is 19.4 Å². The molecule has 0 aliphatic carbocycles. The first-order chi connectivity index (χ1) is 17.4. The minimum Gasteiger partial charge on any atom is -0.391 e. The van der Waals surface area contributed by atoms with E-state index in [-0.39, 0.29) is 24.5 Å². The predicted octanol–water partition coefficient (Wildman–Crippen LogP) is 2.66. The summed E-state index contributed by atoms with van der Waals surface area (Å²) in [7, 11) is 0. The smallest absolute Gasteiger partial charge is 0.224 e. The summed E-state index contributed by atoms with van der Waals surface area (Å²) in [6.45, 7) is 6.99. The Kier molecular flexibility index (Phi) is 8.25. The monoisotopic (exact) mass is 532 g/mol. The first-order valence-electron chi connectivity index (χ1n) is 12.1. The maximum absolute atomic E-state index is 13.5. The van der Waals surface area contributed by atoms with Gasteiger partial charge in [0.25, 0.3) is 0 Å². The minimum absolute atomic E-state index is 0. The summed E-state index contributed by atoms with van der Waals surface area (Å²) in [5.41, 5.74) is 8.45. The fourth-order valence-corrected chi connectivity index (χ4v) is 4.72. The molecule has 0 spiro atoms. The van der Waals surface area contributed by atoms with Gasteiger partial charge in [-0.25, -0.2) is 13.5 Å². The summed E-state index contributed by atoms with van der Waals surface area (Å²) in [5, 5.41) is 14.4. The van der Waals surface area contributed by atoms with Gasteiger partial charge in [-0.15, -0.1) is 12.4 Å². The number of benzene rings is 1. The molecular formula is C25H31ClF2N8O. The Hall–Kier alpha value is -3.28. The molecule has 1 atom stereocenters. The number of nitrogens with zero attached hydrogens (tertiary/aromatic N) is 7. The number of aromatic nitrogens is 4. The Morgan fingerprint density at radius 3 is 2.38 bits per heavy atom. The highest BCUT2D eigenvalue weighted by atomic mass is 35.5. The van der Waals surface area contributed by atoms with E-state index >= 15 is 0 Å². The van der Waals surface area contributed by atoms with Crippen molar-refractivity contribution in [1.82, 2.24) is 24.6 Å². The van der Waals surface area contributed by atoms with Gasteiger partial charge in [-0.1, -0.05) is 12.2 Å². The number of hydrogen-bond donors (Lipinski definition) is 2. The van der Waals surface area contributed by atoms with Crippen LogP contribution >= 0.6 is 12.4 Å². The number of hydrogen-bond acceptors (Lipinski definition) is 8. The van der Waals surface area contributed by atoms with Crippen molar-refractivity contribution in [1.29, 1.82) is 0 Å². The molecule has 4 heterocycles. The highest BCUT2D eigenvalue weighted by Gasteiger charge is 2.23. The average molecular weight is 533 g/mol. The van der Waals surface area contributed by atoms with E-state index in [2.05, 4.69) is 26.0 Å². The minimum atomic E-state index is -0.554. The van der Waals surface area contributed by atoms with Crippen molar-refractivity contribution >= 4 is 35.9 Å². The maximum atomic E-state index is 13.5. The van der Waals surface area contributed by atoms with Gasteiger partial charge in [-0.2, -0.15) is 15.1 Å². The molecule has 3 aromatic rings. The van der Waals surface area contributed by atoms with Gasteiger partial charge in [0.2, 0.25) is 5.95 Å². The molecule has 12 heteroatoms. The number of aliphatic hydroxyl groups is 1. The zero-order chi connectivity index (χ0) is 25.2. The van der Waals surface area contributed by atoms with Crippen LogP contribution in [0.5, 0.6) is 0 Å². The molecule has 0 saturated carbocycles. The Morgan fingerprint density at radius 2 is 1.70 bits per heavy atom. The van der Waals surface area contributed by atoms with E-state index in [9.17, 15) is 13.9 Å². The van der Waals surface area contributed by atoms with Crippen LogP contribution in [0.4, 0.5) is 26.2 Å². The van der Waals surface area contributed by atoms with Crippen LogP contribution in [-0.2, 0) is 0 Å². The largest absolute Gasteiger partial charge is 0.391 e. The van der Waals surface area contributed by atoms with Gasteiger partial charge in [0.05, 0.1) is 18.0 Å². The van der Waals surface area contributed by atoms with Crippen LogP contribution in [0.15, 0.2) is 36.5 Å². The fraction of sp³-hybridized carbons (Fsp3) is 0.400. The second-order valence-corrected chi connectivity index (χ2v) is 9.25. The van der Waals surface area contributed by atoms with Gasteiger partial charge < -0.3 is 20.6 Å². The Balaban J connectivity index is 0.00000320. The summed E-state index contributed by atoms with van der Waals surface area (Å²) in [5.74, 6) is 0.321. The van der Waals surface area contributed by atoms with E-state index in [4.69, 9.17) is 5.73 Å². The molecule has 9 nitrogen and oxygen atoms in total. The predicted molar refractivity (Wildman–Crippen MR) is 142 cm³/mol. The first kappa shape index (κ1) is 26.8. The molecule has 0 bridgehead atoms. The van der Waals surface area contributed by atoms with Crippen molar-refractivity contribution in [3.63, 3.8) is 0 Å². The number of β-amino-alcohol motifs (C(OH)–C–C–N with tert-alkyl or cyclic N) is 1. The van der Waals surface area contributed by atoms with E-state index in [1.807, 2.05) is 28.9 Å². The van der Waals surface area contributed by atoms with Gasteiger partial charge >= 0.3 is 0 Å². The molecular weight excluding hydrogens is 502 g/mol. The van der Waals surface area contributed by atoms with Crippen molar-refractivity contribution in [2.75, 3.05) is 61.3 Å². The lowest BCUT2D eigenvalue weighted by molar-refractivity contribution is 0.198. The Morgan fingerprint density at radius 1 is 1.00 bits per heavy atom. The van der Waals surface area contributed by atoms with E-state index in [0.717, 1.165) is 43.5 Å². The molecule has 2 aliphatic rings. The van der Waals surface area contributed by atoms with E-state index < -0.39 is 11.6 Å². The molecule has 1 aromatic carbocycles. The van der Waals surface area contributed by atoms with Gasteiger partial charge in [0.15, 0.2) is 5.82 Å². The normalized spacial score (nSPS) is 18.5. The Bertz CT molecular complexity index is 1240. The lowest BCUT2D eigenvalue weighted by Gasteiger charge is -2.35. The van der Waals surface area contributed by atoms with Crippen molar-refractivity contribution in [3.8, 4) is 5.82 Å². The van der Waals surface area contributed by atoms with Crippen molar-refractivity contribution < 1.29 is 13.9 Å². The van der Waals surface area contributed by atoms with Crippen molar-refractivity contribution in [3.05, 3.63) is 59.4 Å². The molecule has 3 N–H and O–H groups in total. The third-order valence-corrected chi connectivity index (χ3v) is 6.71. The third-order valence-electron chi connectivity index (χ3n) is 6.71. The van der Waals surface area contributed by atoms with Crippen LogP contribution < -0.4 is 15.5 Å². The van der Waals surface area contributed by atoms with Crippen molar-refractivity contribution in [2.24, 2.45) is 0 Å². The standard InChI is InChI=1S/C25H30F2N8O.ClH/c1-17-18(3-2-5-32-7-9-33(10-8-32)21-12-19(26)11-20(27)13-21)15-29-35(17)24-14-23(30-25(28)31-24)34-6-4-22(36)16-34;/h2-3,11-15,22,36H,4-10,16H2,1H3,(H2,28,30,31);1H/b3-2+;/t22-;/m0./s1. The molecule has 2 aromatic heterocycles. The molecule has 2 saturated heterocycles.